The molecule has 1 saturated heterocycles. The van der Waals surface area contributed by atoms with Gasteiger partial charge in [-0.3, -0.25) is 4.79 Å². The Morgan fingerprint density at radius 1 is 1.28 bits per heavy atom. The summed E-state index contributed by atoms with van der Waals surface area (Å²) in [7, 11) is 1.54. The highest BCUT2D eigenvalue weighted by Crippen LogP contribution is 2.41. The topological polar surface area (TPSA) is 59.0 Å². The van der Waals surface area contributed by atoms with Gasteiger partial charge in [0.2, 0.25) is 0 Å². The van der Waals surface area contributed by atoms with Crippen LogP contribution in [0.3, 0.4) is 0 Å². The molecule has 1 aliphatic rings. The van der Waals surface area contributed by atoms with E-state index in [9.17, 15) is 9.90 Å². The van der Waals surface area contributed by atoms with Crippen LogP contribution in [0.1, 0.15) is 70.5 Å². The van der Waals surface area contributed by atoms with Crippen LogP contribution in [0, 0.1) is 5.41 Å². The highest BCUT2D eigenvalue weighted by Gasteiger charge is 2.50. The summed E-state index contributed by atoms with van der Waals surface area (Å²) in [4.78, 5) is 15.3. The third kappa shape index (κ3) is 3.53. The third-order valence-electron chi connectivity index (χ3n) is 4.73. The normalized spacial score (nSPS) is 20.4. The summed E-state index contributed by atoms with van der Waals surface area (Å²) >= 11 is 0. The van der Waals surface area contributed by atoms with Crippen LogP contribution in [0.2, 0.25) is 0 Å². The summed E-state index contributed by atoms with van der Waals surface area (Å²) in [5.41, 5.74) is -0.612. The first-order valence-electron chi connectivity index (χ1n) is 8.66. The van der Waals surface area contributed by atoms with Crippen molar-refractivity contribution in [2.45, 2.75) is 65.8 Å². The van der Waals surface area contributed by atoms with E-state index in [0.717, 1.165) is 0 Å². The molecule has 1 amide bonds. The second-order valence-corrected chi connectivity index (χ2v) is 8.88. The molecule has 0 spiro atoms. The first-order chi connectivity index (χ1) is 11.3. The van der Waals surface area contributed by atoms with Crippen LogP contribution < -0.4 is 4.74 Å². The molecule has 1 N–H and O–H groups in total. The predicted molar refractivity (Wildman–Crippen MR) is 97.7 cm³/mol. The van der Waals surface area contributed by atoms with Gasteiger partial charge in [0.1, 0.15) is 11.5 Å². The number of hydrogen-bond acceptors (Lipinski definition) is 4. The number of rotatable bonds is 3. The lowest BCUT2D eigenvalue weighted by Crippen LogP contribution is -2.53. The van der Waals surface area contributed by atoms with Crippen LogP contribution >= 0.6 is 0 Å². The maximum Gasteiger partial charge on any atom is 0.260 e. The van der Waals surface area contributed by atoms with Crippen LogP contribution in [0.5, 0.6) is 5.75 Å². The van der Waals surface area contributed by atoms with Crippen LogP contribution in [0.25, 0.3) is 0 Å². The maximum atomic E-state index is 13.6. The number of benzene rings is 1. The molecule has 1 fully saturated rings. The summed E-state index contributed by atoms with van der Waals surface area (Å²) in [6, 6.07) is 5.35. The van der Waals surface area contributed by atoms with E-state index in [2.05, 4.69) is 0 Å². The number of hydrogen-bond donors (Lipinski definition) is 1. The van der Waals surface area contributed by atoms with Crippen molar-refractivity contribution in [3.8, 4) is 5.75 Å². The summed E-state index contributed by atoms with van der Waals surface area (Å²) < 4.78 is 11.3. The zero-order valence-electron chi connectivity index (χ0n) is 16.6. The lowest BCUT2D eigenvalue weighted by molar-refractivity contribution is -0.0435. The van der Waals surface area contributed by atoms with E-state index in [0.29, 0.717) is 23.5 Å². The van der Waals surface area contributed by atoms with E-state index in [1.54, 1.807) is 23.1 Å². The van der Waals surface area contributed by atoms with Gasteiger partial charge in [-0.15, -0.1) is 0 Å². The first-order valence-corrected chi connectivity index (χ1v) is 8.66. The molecule has 0 radical (unpaired) electrons. The van der Waals surface area contributed by atoms with Crippen molar-refractivity contribution in [1.29, 1.82) is 0 Å². The van der Waals surface area contributed by atoms with Crippen molar-refractivity contribution >= 4 is 5.91 Å². The summed E-state index contributed by atoms with van der Waals surface area (Å²) in [6.07, 6.45) is -0.795. The Bertz CT molecular complexity index is 642. The largest absolute Gasteiger partial charge is 0.496 e. The Morgan fingerprint density at radius 3 is 2.32 bits per heavy atom. The number of carbonyl (C=O) groups excluding carboxylic acids is 1. The number of aliphatic hydroxyl groups excluding tert-OH is 1. The van der Waals surface area contributed by atoms with Gasteiger partial charge in [-0.05, 0) is 44.7 Å². The van der Waals surface area contributed by atoms with Crippen LogP contribution in [-0.2, 0) is 4.74 Å². The van der Waals surface area contributed by atoms with E-state index in [-0.39, 0.29) is 5.91 Å². The van der Waals surface area contributed by atoms with Crippen molar-refractivity contribution < 1.29 is 19.4 Å². The van der Waals surface area contributed by atoms with Crippen molar-refractivity contribution in [3.63, 3.8) is 0 Å². The first kappa shape index (κ1) is 19.7. The Hall–Kier alpha value is -1.59. The van der Waals surface area contributed by atoms with Crippen molar-refractivity contribution in [2.24, 2.45) is 5.41 Å². The molecule has 1 aromatic carbocycles. The van der Waals surface area contributed by atoms with Gasteiger partial charge in [0.05, 0.1) is 30.9 Å². The fourth-order valence-electron chi connectivity index (χ4n) is 3.48. The minimum Gasteiger partial charge on any atom is -0.496 e. The molecule has 0 saturated carbocycles. The minimum absolute atomic E-state index is 0.191. The molecular weight excluding hydrogens is 318 g/mol. The number of carbonyl (C=O) groups is 1. The standard InChI is InChI=1S/C20H31NO4/c1-18(2,3)16(22)13-10-9-11-14(24-8)15(13)17(23)21-19(4,5)12-25-20(21,6)7/h9-11,16,22H,12H2,1-8H3/t16-/m0/s1. The quantitative estimate of drug-likeness (QED) is 0.902. The molecule has 0 aliphatic carbocycles. The molecule has 1 atom stereocenters. The maximum absolute atomic E-state index is 13.6. The van der Waals surface area contributed by atoms with Gasteiger partial charge in [0.15, 0.2) is 0 Å². The molecule has 5 heteroatoms. The van der Waals surface area contributed by atoms with E-state index >= 15 is 0 Å². The van der Waals surface area contributed by atoms with Crippen molar-refractivity contribution in [3.05, 3.63) is 29.3 Å². The van der Waals surface area contributed by atoms with Gasteiger partial charge in [-0.1, -0.05) is 32.9 Å². The van der Waals surface area contributed by atoms with Crippen LogP contribution in [-0.4, -0.2) is 40.9 Å². The zero-order valence-corrected chi connectivity index (χ0v) is 16.6. The van der Waals surface area contributed by atoms with E-state index in [1.165, 1.54) is 7.11 Å². The molecule has 0 bridgehead atoms. The molecule has 25 heavy (non-hydrogen) atoms. The van der Waals surface area contributed by atoms with E-state index in [4.69, 9.17) is 9.47 Å². The number of nitrogens with zero attached hydrogens (tertiary/aromatic N) is 1. The highest BCUT2D eigenvalue weighted by molar-refractivity contribution is 5.99. The smallest absolute Gasteiger partial charge is 0.260 e. The fourth-order valence-corrected chi connectivity index (χ4v) is 3.48. The molecule has 1 aliphatic heterocycles. The SMILES string of the molecule is COc1cccc([C@H](O)C(C)(C)C)c1C(=O)N1C(C)(C)COC1(C)C. The Labute approximate surface area is 150 Å². The number of amides is 1. The molecule has 0 unspecified atom stereocenters. The molecule has 5 nitrogen and oxygen atoms in total. The molecule has 2 rings (SSSR count). The fraction of sp³-hybridized carbons (Fsp3) is 0.650. The van der Waals surface area contributed by atoms with Crippen molar-refractivity contribution in [2.75, 3.05) is 13.7 Å². The molecule has 140 valence electrons. The summed E-state index contributed by atoms with van der Waals surface area (Å²) in [6.45, 7) is 14.0. The number of ether oxygens (including phenoxy) is 2. The van der Waals surface area contributed by atoms with Crippen molar-refractivity contribution in [1.82, 2.24) is 4.90 Å². The summed E-state index contributed by atoms with van der Waals surface area (Å²) in [5, 5.41) is 10.9. The van der Waals surface area contributed by atoms with Gasteiger partial charge < -0.3 is 19.5 Å². The van der Waals surface area contributed by atoms with Gasteiger partial charge in [0, 0.05) is 0 Å². The minimum atomic E-state index is -0.795. The molecule has 1 heterocycles. The number of aliphatic hydroxyl groups is 1. The Morgan fingerprint density at radius 2 is 1.88 bits per heavy atom. The Balaban J connectivity index is 2.63. The number of methoxy groups -OCH3 is 1. The van der Waals surface area contributed by atoms with Crippen LogP contribution in [0.4, 0.5) is 0 Å². The average molecular weight is 349 g/mol. The second-order valence-electron chi connectivity index (χ2n) is 8.88. The summed E-state index contributed by atoms with van der Waals surface area (Å²) in [5.74, 6) is 0.271. The predicted octanol–water partition coefficient (Wildman–Crippen LogP) is 3.76. The lowest BCUT2D eigenvalue weighted by Gasteiger charge is -2.39. The molecular formula is C20H31NO4. The third-order valence-corrected chi connectivity index (χ3v) is 4.73. The monoisotopic (exact) mass is 349 g/mol. The van der Waals surface area contributed by atoms with Gasteiger partial charge in [-0.2, -0.15) is 0 Å². The highest BCUT2D eigenvalue weighted by atomic mass is 16.5. The Kier molecular flexibility index (Phi) is 4.96. The average Bonchev–Trinajstić information content (AvgIpc) is 2.72. The lowest BCUT2D eigenvalue weighted by atomic mass is 9.82. The van der Waals surface area contributed by atoms with Crippen LogP contribution in [0.15, 0.2) is 18.2 Å². The van der Waals surface area contributed by atoms with Gasteiger partial charge >= 0.3 is 0 Å². The van der Waals surface area contributed by atoms with E-state index in [1.807, 2.05) is 48.5 Å². The second kappa shape index (κ2) is 6.29. The molecule has 0 aromatic heterocycles. The molecule has 1 aromatic rings. The van der Waals surface area contributed by atoms with Gasteiger partial charge in [0.25, 0.3) is 5.91 Å². The van der Waals surface area contributed by atoms with Gasteiger partial charge in [-0.25, -0.2) is 0 Å². The van der Waals surface area contributed by atoms with E-state index < -0.39 is 22.8 Å². The zero-order chi connectivity index (χ0) is 19.2.